The molecule has 0 bridgehead atoms. The van der Waals surface area contributed by atoms with Crippen LogP contribution in [-0.4, -0.2) is 27.7 Å². The molecule has 1 rings (SSSR count). The number of rotatable bonds is 6. The monoisotopic (exact) mass is 268 g/mol. The van der Waals surface area contributed by atoms with Crippen LogP contribution < -0.4 is 11.1 Å². The lowest BCUT2D eigenvalue weighted by Gasteiger charge is -2.11. The average molecular weight is 268 g/mol. The molecule has 18 heavy (non-hydrogen) atoms. The van der Waals surface area contributed by atoms with Crippen LogP contribution in [0.2, 0.25) is 0 Å². The highest BCUT2D eigenvalue weighted by Gasteiger charge is 2.15. The van der Waals surface area contributed by atoms with Crippen molar-refractivity contribution in [3.05, 3.63) is 11.8 Å². The average Bonchev–Trinajstić information content (AvgIpc) is 2.27. The van der Waals surface area contributed by atoms with Crippen molar-refractivity contribution in [3.63, 3.8) is 0 Å². The highest BCUT2D eigenvalue weighted by Crippen LogP contribution is 2.20. The number of anilines is 1. The second-order valence-electron chi connectivity index (χ2n) is 4.12. The molecule has 3 N–H and O–H groups in total. The molecule has 0 spiro atoms. The molecular formula is C12H20N4OS. The lowest BCUT2D eigenvalue weighted by molar-refractivity contribution is -0.120. The molecule has 1 aromatic rings. The Labute approximate surface area is 112 Å². The molecule has 1 heterocycles. The minimum absolute atomic E-state index is 0.0112. The summed E-state index contributed by atoms with van der Waals surface area (Å²) in [6.45, 7) is 6.51. The van der Waals surface area contributed by atoms with Gasteiger partial charge < -0.3 is 11.1 Å². The van der Waals surface area contributed by atoms with Gasteiger partial charge in [-0.05, 0) is 20.3 Å². The Morgan fingerprint density at radius 3 is 2.89 bits per heavy atom. The quantitative estimate of drug-likeness (QED) is 0.467. The van der Waals surface area contributed by atoms with E-state index in [0.717, 1.165) is 25.1 Å². The van der Waals surface area contributed by atoms with Crippen molar-refractivity contribution in [3.8, 4) is 0 Å². The molecule has 0 saturated carbocycles. The summed E-state index contributed by atoms with van der Waals surface area (Å²) in [7, 11) is 0. The number of hydrogen-bond donors (Lipinski definition) is 2. The van der Waals surface area contributed by atoms with Crippen LogP contribution in [0.25, 0.3) is 0 Å². The smallest absolute Gasteiger partial charge is 0.233 e. The third-order valence-corrected chi connectivity index (χ3v) is 3.30. The van der Waals surface area contributed by atoms with Crippen LogP contribution in [0.1, 0.15) is 32.4 Å². The maximum Gasteiger partial charge on any atom is 0.233 e. The SMILES string of the molecule is CCCCNC(=O)C(C)Sc1nc(C)cc(N)n1. The molecule has 1 atom stereocenters. The van der Waals surface area contributed by atoms with E-state index in [1.165, 1.54) is 11.8 Å². The number of carbonyl (C=O) groups excluding carboxylic acids is 1. The van der Waals surface area contributed by atoms with Gasteiger partial charge in [-0.1, -0.05) is 25.1 Å². The van der Waals surface area contributed by atoms with Crippen molar-refractivity contribution in [2.24, 2.45) is 0 Å². The summed E-state index contributed by atoms with van der Waals surface area (Å²) in [6.07, 6.45) is 2.07. The van der Waals surface area contributed by atoms with Gasteiger partial charge in [0.05, 0.1) is 5.25 Å². The van der Waals surface area contributed by atoms with Crippen LogP contribution in [0.4, 0.5) is 5.82 Å². The molecule has 0 aliphatic rings. The molecule has 0 aromatic carbocycles. The fourth-order valence-corrected chi connectivity index (χ4v) is 2.22. The minimum atomic E-state index is -0.219. The molecule has 0 fully saturated rings. The van der Waals surface area contributed by atoms with Gasteiger partial charge in [0, 0.05) is 18.3 Å². The number of carbonyl (C=O) groups is 1. The number of nitrogens with one attached hydrogen (secondary N) is 1. The van der Waals surface area contributed by atoms with Crippen LogP contribution in [0.5, 0.6) is 0 Å². The summed E-state index contributed by atoms with van der Waals surface area (Å²) in [5, 5.41) is 3.21. The molecule has 100 valence electrons. The minimum Gasteiger partial charge on any atom is -0.384 e. The zero-order valence-corrected chi connectivity index (χ0v) is 11.9. The van der Waals surface area contributed by atoms with Crippen molar-refractivity contribution in [1.82, 2.24) is 15.3 Å². The highest BCUT2D eigenvalue weighted by molar-refractivity contribution is 8.00. The number of amides is 1. The second-order valence-corrected chi connectivity index (χ2v) is 5.43. The van der Waals surface area contributed by atoms with Gasteiger partial charge in [-0.15, -0.1) is 0 Å². The fraction of sp³-hybridized carbons (Fsp3) is 0.583. The first-order valence-electron chi connectivity index (χ1n) is 6.08. The summed E-state index contributed by atoms with van der Waals surface area (Å²) in [6, 6.07) is 1.70. The number of aryl methyl sites for hydroxylation is 1. The Kier molecular flexibility index (Phi) is 5.91. The van der Waals surface area contributed by atoms with Crippen molar-refractivity contribution in [1.29, 1.82) is 0 Å². The van der Waals surface area contributed by atoms with Gasteiger partial charge in [0.15, 0.2) is 5.16 Å². The first-order chi connectivity index (χ1) is 8.52. The van der Waals surface area contributed by atoms with Gasteiger partial charge in [-0.25, -0.2) is 9.97 Å². The number of unbranched alkanes of at least 4 members (excludes halogenated alkanes) is 1. The lowest BCUT2D eigenvalue weighted by Crippen LogP contribution is -2.31. The molecule has 0 aliphatic carbocycles. The van der Waals surface area contributed by atoms with E-state index < -0.39 is 0 Å². The van der Waals surface area contributed by atoms with Crippen molar-refractivity contribution in [2.45, 2.75) is 44.0 Å². The molecule has 0 radical (unpaired) electrons. The number of thioether (sulfide) groups is 1. The maximum absolute atomic E-state index is 11.8. The Bertz CT molecular complexity index is 391. The molecule has 0 aliphatic heterocycles. The van der Waals surface area contributed by atoms with E-state index in [2.05, 4.69) is 22.2 Å². The number of nitrogen functional groups attached to an aromatic ring is 1. The molecule has 5 nitrogen and oxygen atoms in total. The van der Waals surface area contributed by atoms with Crippen LogP contribution in [-0.2, 0) is 4.79 Å². The van der Waals surface area contributed by atoms with Gasteiger partial charge in [0.25, 0.3) is 0 Å². The Balaban J connectivity index is 2.52. The van der Waals surface area contributed by atoms with Gasteiger partial charge in [0.1, 0.15) is 5.82 Å². The normalized spacial score (nSPS) is 12.2. The van der Waals surface area contributed by atoms with E-state index in [1.807, 2.05) is 13.8 Å². The number of aromatic nitrogens is 2. The zero-order valence-electron chi connectivity index (χ0n) is 11.1. The zero-order chi connectivity index (χ0) is 13.5. The van der Waals surface area contributed by atoms with Gasteiger partial charge >= 0.3 is 0 Å². The van der Waals surface area contributed by atoms with E-state index >= 15 is 0 Å². The summed E-state index contributed by atoms with van der Waals surface area (Å²) in [5.41, 5.74) is 6.45. The Morgan fingerprint density at radius 1 is 1.56 bits per heavy atom. The summed E-state index contributed by atoms with van der Waals surface area (Å²) in [5.74, 6) is 0.445. The maximum atomic E-state index is 11.8. The summed E-state index contributed by atoms with van der Waals surface area (Å²) < 4.78 is 0. The molecule has 1 aromatic heterocycles. The van der Waals surface area contributed by atoms with Crippen LogP contribution >= 0.6 is 11.8 Å². The van der Waals surface area contributed by atoms with E-state index in [0.29, 0.717) is 11.0 Å². The molecule has 1 unspecified atom stereocenters. The molecule has 0 saturated heterocycles. The first kappa shape index (κ1) is 14.8. The molecular weight excluding hydrogens is 248 g/mol. The van der Waals surface area contributed by atoms with E-state index in [1.54, 1.807) is 6.07 Å². The van der Waals surface area contributed by atoms with E-state index in [-0.39, 0.29) is 11.2 Å². The third-order valence-electron chi connectivity index (χ3n) is 2.33. The Hall–Kier alpha value is -1.30. The van der Waals surface area contributed by atoms with Gasteiger partial charge in [0.2, 0.25) is 5.91 Å². The van der Waals surface area contributed by atoms with Crippen LogP contribution in [0, 0.1) is 6.92 Å². The summed E-state index contributed by atoms with van der Waals surface area (Å²) in [4.78, 5) is 20.1. The lowest BCUT2D eigenvalue weighted by atomic mass is 10.3. The fourth-order valence-electron chi connectivity index (χ4n) is 1.36. The predicted molar refractivity (Wildman–Crippen MR) is 74.4 cm³/mol. The van der Waals surface area contributed by atoms with E-state index in [4.69, 9.17) is 5.73 Å². The topological polar surface area (TPSA) is 80.9 Å². The van der Waals surface area contributed by atoms with Crippen molar-refractivity contribution < 1.29 is 4.79 Å². The standard InChI is InChI=1S/C12H20N4OS/c1-4-5-6-14-11(17)9(3)18-12-15-8(2)7-10(13)16-12/h7,9H,4-6H2,1-3H3,(H,14,17)(H2,13,15,16). The first-order valence-corrected chi connectivity index (χ1v) is 6.96. The summed E-state index contributed by atoms with van der Waals surface area (Å²) >= 11 is 1.32. The van der Waals surface area contributed by atoms with Crippen LogP contribution in [0.3, 0.4) is 0 Å². The third kappa shape index (κ3) is 4.91. The van der Waals surface area contributed by atoms with Gasteiger partial charge in [-0.3, -0.25) is 4.79 Å². The number of nitrogens with two attached hydrogens (primary N) is 1. The van der Waals surface area contributed by atoms with Crippen molar-refractivity contribution in [2.75, 3.05) is 12.3 Å². The second kappa shape index (κ2) is 7.20. The predicted octanol–water partition coefficient (Wildman–Crippen LogP) is 1.76. The van der Waals surface area contributed by atoms with Gasteiger partial charge in [-0.2, -0.15) is 0 Å². The highest BCUT2D eigenvalue weighted by atomic mass is 32.2. The van der Waals surface area contributed by atoms with E-state index in [9.17, 15) is 4.79 Å². The number of nitrogens with zero attached hydrogens (tertiary/aromatic N) is 2. The van der Waals surface area contributed by atoms with Crippen molar-refractivity contribution >= 4 is 23.5 Å². The molecule has 1 amide bonds. The number of hydrogen-bond acceptors (Lipinski definition) is 5. The molecule has 6 heteroatoms. The largest absolute Gasteiger partial charge is 0.384 e. The van der Waals surface area contributed by atoms with Crippen LogP contribution in [0.15, 0.2) is 11.2 Å². The Morgan fingerprint density at radius 2 is 2.28 bits per heavy atom.